The summed E-state index contributed by atoms with van der Waals surface area (Å²) in [4.78, 5) is 19.5. The number of carboxylic acid groups (broad SMARTS) is 1. The normalized spacial score (nSPS) is 9.36. The van der Waals surface area contributed by atoms with Crippen LogP contribution in [0, 0.1) is 5.41 Å². The van der Waals surface area contributed by atoms with Gasteiger partial charge in [-0.05, 0) is 0 Å². The van der Waals surface area contributed by atoms with Crippen molar-refractivity contribution in [1.29, 1.82) is 0 Å². The zero-order valence-electron chi connectivity index (χ0n) is 7.26. The SMILES string of the molecule is CC(=O)O.CC(C)(C)[C](=O)[Zr]. The molecule has 11 heavy (non-hydrogen) atoms. The summed E-state index contributed by atoms with van der Waals surface area (Å²) in [5, 5.41) is 7.42. The Morgan fingerprint density at radius 3 is 1.36 bits per heavy atom. The fraction of sp³-hybridized carbons (Fsp3) is 0.714. The van der Waals surface area contributed by atoms with Gasteiger partial charge in [-0.3, -0.25) is 4.79 Å². The maximum atomic E-state index is 10.5. The molecule has 0 saturated carbocycles. The van der Waals surface area contributed by atoms with Gasteiger partial charge in [0.05, 0.1) is 0 Å². The van der Waals surface area contributed by atoms with Crippen LogP contribution in [0.1, 0.15) is 27.7 Å². The van der Waals surface area contributed by atoms with Crippen molar-refractivity contribution < 1.29 is 39.4 Å². The van der Waals surface area contributed by atoms with E-state index in [4.69, 9.17) is 9.90 Å². The van der Waals surface area contributed by atoms with Gasteiger partial charge in [0.1, 0.15) is 0 Å². The van der Waals surface area contributed by atoms with Crippen LogP contribution in [0.15, 0.2) is 0 Å². The monoisotopic (exact) mass is 235 g/mol. The Bertz CT molecular complexity index is 142. The molecule has 0 rings (SSSR count). The minimum absolute atomic E-state index is 0.0989. The van der Waals surface area contributed by atoms with E-state index in [1.807, 2.05) is 20.8 Å². The molecule has 4 heteroatoms. The quantitative estimate of drug-likeness (QED) is 0.687. The first-order valence-electron chi connectivity index (χ1n) is 3.13. The number of carboxylic acids is 1. The zero-order valence-corrected chi connectivity index (χ0v) is 9.72. The maximum absolute atomic E-state index is 10.5. The van der Waals surface area contributed by atoms with Crippen LogP contribution >= 0.6 is 0 Å². The van der Waals surface area contributed by atoms with Crippen LogP contribution in [0.3, 0.4) is 0 Å². The van der Waals surface area contributed by atoms with Crippen LogP contribution < -0.4 is 0 Å². The van der Waals surface area contributed by atoms with Gasteiger partial charge in [-0.25, -0.2) is 0 Å². The van der Waals surface area contributed by atoms with Crippen molar-refractivity contribution in [2.45, 2.75) is 27.7 Å². The first-order valence-corrected chi connectivity index (χ1v) is 4.36. The second-order valence-electron chi connectivity index (χ2n) is 3.10. The standard InChI is InChI=1S/C5H9O.C2H4O2.Zr/c1-5(2,3)4-6;1-2(3)4;/h1-3H3;1H3,(H,3,4);. The summed E-state index contributed by atoms with van der Waals surface area (Å²) >= 11 is 1.01. The van der Waals surface area contributed by atoms with Crippen LogP contribution in [0.4, 0.5) is 0 Å². The van der Waals surface area contributed by atoms with E-state index < -0.39 is 5.97 Å². The van der Waals surface area contributed by atoms with Gasteiger partial charge in [-0.1, -0.05) is 0 Å². The molecule has 0 spiro atoms. The first-order chi connectivity index (χ1) is 4.68. The van der Waals surface area contributed by atoms with Crippen molar-refractivity contribution in [1.82, 2.24) is 0 Å². The summed E-state index contributed by atoms with van der Waals surface area (Å²) in [6.45, 7) is 6.89. The van der Waals surface area contributed by atoms with Crippen LogP contribution in [0.5, 0.6) is 0 Å². The van der Waals surface area contributed by atoms with Crippen molar-refractivity contribution in [3.05, 3.63) is 0 Å². The molecule has 63 valence electrons. The molecule has 0 fully saturated rings. The van der Waals surface area contributed by atoms with E-state index in [9.17, 15) is 4.79 Å². The van der Waals surface area contributed by atoms with E-state index in [1.54, 1.807) is 0 Å². The molecular formula is C7H13O3Zr. The molecule has 0 aromatic carbocycles. The molecule has 0 radical (unpaired) electrons. The van der Waals surface area contributed by atoms with E-state index in [1.165, 1.54) is 0 Å². The predicted molar refractivity (Wildman–Crippen MR) is 37.8 cm³/mol. The molecule has 0 aliphatic carbocycles. The van der Waals surface area contributed by atoms with Crippen LogP contribution in [0.25, 0.3) is 0 Å². The summed E-state index contributed by atoms with van der Waals surface area (Å²) < 4.78 is 0.333. The van der Waals surface area contributed by atoms with E-state index in [0.29, 0.717) is 3.49 Å². The first kappa shape index (κ1) is 13.6. The fourth-order valence-corrected chi connectivity index (χ4v) is 0. The van der Waals surface area contributed by atoms with E-state index in [-0.39, 0.29) is 5.41 Å². The molecular weight excluding hydrogens is 223 g/mol. The third-order valence-corrected chi connectivity index (χ3v) is 2.52. The number of rotatable bonds is 0. The topological polar surface area (TPSA) is 54.4 Å². The third kappa shape index (κ3) is 17.8. The summed E-state index contributed by atoms with van der Waals surface area (Å²) in [6.07, 6.45) is 0. The van der Waals surface area contributed by atoms with Gasteiger partial charge in [0.15, 0.2) is 0 Å². The van der Waals surface area contributed by atoms with Gasteiger partial charge in [-0.2, -0.15) is 0 Å². The van der Waals surface area contributed by atoms with Crippen LogP contribution in [0.2, 0.25) is 0 Å². The van der Waals surface area contributed by atoms with Crippen LogP contribution in [-0.2, 0) is 34.3 Å². The average molecular weight is 236 g/mol. The molecule has 1 N–H and O–H groups in total. The molecule has 3 nitrogen and oxygen atoms in total. The van der Waals surface area contributed by atoms with Crippen molar-refractivity contribution >= 4 is 9.46 Å². The Hall–Kier alpha value is 0.0231. The third-order valence-electron chi connectivity index (χ3n) is 0.681. The van der Waals surface area contributed by atoms with Crippen molar-refractivity contribution in [2.75, 3.05) is 0 Å². The fourth-order valence-electron chi connectivity index (χ4n) is 0. The van der Waals surface area contributed by atoms with E-state index in [2.05, 4.69) is 0 Å². The van der Waals surface area contributed by atoms with Crippen LogP contribution in [-0.4, -0.2) is 14.6 Å². The van der Waals surface area contributed by atoms with E-state index in [0.717, 1.165) is 31.6 Å². The summed E-state index contributed by atoms with van der Waals surface area (Å²) in [7, 11) is 0. The molecule has 0 unspecified atom stereocenters. The predicted octanol–water partition coefficient (Wildman–Crippen LogP) is 1.20. The summed E-state index contributed by atoms with van der Waals surface area (Å²) in [6, 6.07) is 0. The molecule has 0 amide bonds. The summed E-state index contributed by atoms with van der Waals surface area (Å²) in [5.74, 6) is -0.833. The van der Waals surface area contributed by atoms with E-state index >= 15 is 0 Å². The molecule has 0 aliphatic rings. The average Bonchev–Trinajstić information content (AvgIpc) is 1.59. The van der Waals surface area contributed by atoms with Gasteiger partial charge in [0.2, 0.25) is 0 Å². The van der Waals surface area contributed by atoms with Gasteiger partial charge in [0.25, 0.3) is 5.97 Å². The number of aliphatic carboxylic acids is 1. The molecule has 0 atom stereocenters. The zero-order chi connectivity index (χ0) is 9.65. The van der Waals surface area contributed by atoms with Gasteiger partial charge >= 0.3 is 59.2 Å². The Labute approximate surface area is 82.0 Å². The summed E-state index contributed by atoms with van der Waals surface area (Å²) in [5.41, 5.74) is -0.0989. The number of hydrogen-bond donors (Lipinski definition) is 1. The second-order valence-corrected chi connectivity index (χ2v) is 4.21. The van der Waals surface area contributed by atoms with Gasteiger partial charge < -0.3 is 5.11 Å². The Morgan fingerprint density at radius 2 is 1.36 bits per heavy atom. The molecule has 0 saturated heterocycles. The minimum atomic E-state index is -0.833. The second kappa shape index (κ2) is 5.65. The number of carbonyl (C=O) groups is 2. The number of carbonyl (C=O) groups excluding carboxylic acids is 1. The Morgan fingerprint density at radius 1 is 1.27 bits per heavy atom. The van der Waals surface area contributed by atoms with Crippen molar-refractivity contribution in [3.63, 3.8) is 0 Å². The van der Waals surface area contributed by atoms with Crippen molar-refractivity contribution in [2.24, 2.45) is 5.41 Å². The molecule has 0 bridgehead atoms. The Balaban J connectivity index is 0. The molecule has 0 heterocycles. The van der Waals surface area contributed by atoms with Gasteiger partial charge in [-0.15, -0.1) is 0 Å². The van der Waals surface area contributed by atoms with Crippen molar-refractivity contribution in [3.8, 4) is 0 Å². The number of hydrogen-bond acceptors (Lipinski definition) is 2. The molecule has 0 aromatic rings. The molecule has 0 aliphatic heterocycles. The Kier molecular flexibility index (Phi) is 6.98. The molecule has 0 aromatic heterocycles. The van der Waals surface area contributed by atoms with Gasteiger partial charge in [0, 0.05) is 6.92 Å².